The second kappa shape index (κ2) is 6.61. The predicted molar refractivity (Wildman–Crippen MR) is 80.0 cm³/mol. The topological polar surface area (TPSA) is 60.9 Å². The molecule has 1 aliphatic rings. The monoisotopic (exact) mass is 290 g/mol. The fourth-order valence-electron chi connectivity index (χ4n) is 2.38. The van der Waals surface area contributed by atoms with E-state index in [1.54, 1.807) is 11.9 Å². The number of benzene rings is 1. The van der Waals surface area contributed by atoms with Crippen molar-refractivity contribution in [3.63, 3.8) is 0 Å². The molecule has 2 rings (SSSR count). The molecule has 0 spiro atoms. The van der Waals surface area contributed by atoms with Gasteiger partial charge in [-0.15, -0.1) is 0 Å². The van der Waals surface area contributed by atoms with E-state index < -0.39 is 5.97 Å². The van der Waals surface area contributed by atoms with Gasteiger partial charge in [0.15, 0.2) is 0 Å². The van der Waals surface area contributed by atoms with Crippen LogP contribution in [0.5, 0.6) is 0 Å². The van der Waals surface area contributed by atoms with Crippen molar-refractivity contribution in [2.75, 3.05) is 20.1 Å². The van der Waals surface area contributed by atoms with Crippen LogP contribution in [0.15, 0.2) is 24.3 Å². The van der Waals surface area contributed by atoms with E-state index in [4.69, 9.17) is 5.11 Å². The van der Waals surface area contributed by atoms with E-state index in [0.29, 0.717) is 19.0 Å². The third-order valence-corrected chi connectivity index (χ3v) is 3.60. The first-order chi connectivity index (χ1) is 9.95. The van der Waals surface area contributed by atoms with Gasteiger partial charge >= 0.3 is 12.0 Å². The smallest absolute Gasteiger partial charge is 0.323 e. The lowest BCUT2D eigenvalue weighted by Crippen LogP contribution is -2.44. The summed E-state index contributed by atoms with van der Waals surface area (Å²) in [5.41, 5.74) is 2.20. The molecule has 1 N–H and O–H groups in total. The standard InChI is InChI=1S/C16H22N2O3/c1-12-4-3-5-14(8-12)9-17(2)16(21)18(11-15(19)20)10-13-6-7-13/h3-5,8,13H,6-7,9-11H2,1-2H3,(H,19,20). The van der Waals surface area contributed by atoms with Crippen LogP contribution in [0.1, 0.15) is 24.0 Å². The Morgan fingerprint density at radius 2 is 2.05 bits per heavy atom. The fraction of sp³-hybridized carbons (Fsp3) is 0.500. The van der Waals surface area contributed by atoms with E-state index >= 15 is 0 Å². The maximum Gasteiger partial charge on any atom is 0.323 e. The van der Waals surface area contributed by atoms with Crippen molar-refractivity contribution in [2.45, 2.75) is 26.3 Å². The quantitative estimate of drug-likeness (QED) is 0.874. The number of urea groups is 1. The summed E-state index contributed by atoms with van der Waals surface area (Å²) in [6, 6.07) is 7.76. The number of hydrogen-bond donors (Lipinski definition) is 1. The van der Waals surface area contributed by atoms with E-state index in [-0.39, 0.29) is 12.6 Å². The Morgan fingerprint density at radius 1 is 1.33 bits per heavy atom. The first kappa shape index (κ1) is 15.4. The van der Waals surface area contributed by atoms with E-state index in [0.717, 1.165) is 24.0 Å². The summed E-state index contributed by atoms with van der Waals surface area (Å²) < 4.78 is 0. The summed E-state index contributed by atoms with van der Waals surface area (Å²) in [6.07, 6.45) is 2.18. The number of rotatable bonds is 6. The molecule has 1 aromatic carbocycles. The molecule has 0 saturated heterocycles. The summed E-state index contributed by atoms with van der Waals surface area (Å²) >= 11 is 0. The number of carboxylic acid groups (broad SMARTS) is 1. The third-order valence-electron chi connectivity index (χ3n) is 3.60. The minimum Gasteiger partial charge on any atom is -0.480 e. The van der Waals surface area contributed by atoms with Crippen LogP contribution in [0, 0.1) is 12.8 Å². The zero-order valence-electron chi connectivity index (χ0n) is 12.6. The molecule has 5 nitrogen and oxygen atoms in total. The Bertz CT molecular complexity index is 526. The molecule has 1 fully saturated rings. The molecule has 1 aromatic rings. The molecule has 21 heavy (non-hydrogen) atoms. The number of nitrogens with zero attached hydrogens (tertiary/aromatic N) is 2. The van der Waals surface area contributed by atoms with Gasteiger partial charge in [0.1, 0.15) is 6.54 Å². The molecular weight excluding hydrogens is 268 g/mol. The third kappa shape index (κ3) is 4.77. The summed E-state index contributed by atoms with van der Waals surface area (Å²) in [6.45, 7) is 2.81. The molecule has 114 valence electrons. The maximum absolute atomic E-state index is 12.4. The molecule has 0 radical (unpaired) electrons. The van der Waals surface area contributed by atoms with E-state index in [2.05, 4.69) is 0 Å². The van der Waals surface area contributed by atoms with Gasteiger partial charge in [-0.3, -0.25) is 4.79 Å². The lowest BCUT2D eigenvalue weighted by molar-refractivity contribution is -0.137. The summed E-state index contributed by atoms with van der Waals surface area (Å²) in [4.78, 5) is 26.4. The number of amides is 2. The van der Waals surface area contributed by atoms with Crippen molar-refractivity contribution < 1.29 is 14.7 Å². The number of hydrogen-bond acceptors (Lipinski definition) is 2. The van der Waals surface area contributed by atoms with Gasteiger partial charge in [0, 0.05) is 20.1 Å². The van der Waals surface area contributed by atoms with Crippen LogP contribution in [0.2, 0.25) is 0 Å². The van der Waals surface area contributed by atoms with Crippen LogP contribution < -0.4 is 0 Å². The zero-order chi connectivity index (χ0) is 15.4. The Balaban J connectivity index is 1.98. The zero-order valence-corrected chi connectivity index (χ0v) is 12.6. The van der Waals surface area contributed by atoms with Crippen molar-refractivity contribution in [2.24, 2.45) is 5.92 Å². The van der Waals surface area contributed by atoms with E-state index in [1.165, 1.54) is 4.90 Å². The Hall–Kier alpha value is -2.04. The highest BCUT2D eigenvalue weighted by atomic mass is 16.4. The number of carbonyl (C=O) groups excluding carboxylic acids is 1. The van der Waals surface area contributed by atoms with Crippen LogP contribution in [0.4, 0.5) is 4.79 Å². The lowest BCUT2D eigenvalue weighted by Gasteiger charge is -2.27. The number of aryl methyl sites for hydroxylation is 1. The fourth-order valence-corrected chi connectivity index (χ4v) is 2.38. The van der Waals surface area contributed by atoms with Crippen molar-refractivity contribution in [3.8, 4) is 0 Å². The first-order valence-electron chi connectivity index (χ1n) is 7.23. The molecule has 0 aromatic heterocycles. The molecule has 2 amide bonds. The van der Waals surface area contributed by atoms with Gasteiger partial charge in [-0.05, 0) is 31.2 Å². The van der Waals surface area contributed by atoms with Crippen LogP contribution in [0.25, 0.3) is 0 Å². The molecule has 0 heterocycles. The normalized spacial score (nSPS) is 13.8. The Labute approximate surface area is 125 Å². The van der Waals surface area contributed by atoms with Crippen molar-refractivity contribution in [3.05, 3.63) is 35.4 Å². The summed E-state index contributed by atoms with van der Waals surface area (Å²) in [5.74, 6) is -0.492. The second-order valence-corrected chi connectivity index (χ2v) is 5.85. The molecular formula is C16H22N2O3. The number of carbonyl (C=O) groups is 2. The van der Waals surface area contributed by atoms with Gasteiger partial charge in [0.05, 0.1) is 0 Å². The summed E-state index contributed by atoms with van der Waals surface area (Å²) in [7, 11) is 1.71. The highest BCUT2D eigenvalue weighted by Crippen LogP contribution is 2.30. The lowest BCUT2D eigenvalue weighted by atomic mass is 10.1. The minimum atomic E-state index is -0.965. The number of carboxylic acids is 1. The van der Waals surface area contributed by atoms with Gasteiger partial charge in [-0.2, -0.15) is 0 Å². The van der Waals surface area contributed by atoms with Crippen LogP contribution in [0.3, 0.4) is 0 Å². The van der Waals surface area contributed by atoms with Crippen molar-refractivity contribution >= 4 is 12.0 Å². The molecule has 5 heteroatoms. The van der Waals surface area contributed by atoms with Gasteiger partial charge in [0.2, 0.25) is 0 Å². The first-order valence-corrected chi connectivity index (χ1v) is 7.23. The minimum absolute atomic E-state index is 0.217. The highest BCUT2D eigenvalue weighted by Gasteiger charge is 2.29. The number of aliphatic carboxylic acids is 1. The predicted octanol–water partition coefficient (Wildman–Crippen LogP) is 2.34. The van der Waals surface area contributed by atoms with E-state index in [9.17, 15) is 9.59 Å². The average Bonchev–Trinajstić information content (AvgIpc) is 3.20. The molecule has 0 bridgehead atoms. The Morgan fingerprint density at radius 3 is 2.62 bits per heavy atom. The van der Waals surface area contributed by atoms with Crippen molar-refractivity contribution in [1.82, 2.24) is 9.80 Å². The van der Waals surface area contributed by atoms with Crippen LogP contribution in [-0.4, -0.2) is 47.0 Å². The van der Waals surface area contributed by atoms with Gasteiger partial charge in [0.25, 0.3) is 0 Å². The van der Waals surface area contributed by atoms with Crippen LogP contribution in [-0.2, 0) is 11.3 Å². The molecule has 0 atom stereocenters. The second-order valence-electron chi connectivity index (χ2n) is 5.85. The maximum atomic E-state index is 12.4. The molecule has 1 aliphatic carbocycles. The SMILES string of the molecule is Cc1cccc(CN(C)C(=O)N(CC(=O)O)CC2CC2)c1. The van der Waals surface area contributed by atoms with Gasteiger partial charge in [-0.1, -0.05) is 29.8 Å². The van der Waals surface area contributed by atoms with Crippen molar-refractivity contribution in [1.29, 1.82) is 0 Å². The molecule has 1 saturated carbocycles. The van der Waals surface area contributed by atoms with Crippen LogP contribution >= 0.6 is 0 Å². The average molecular weight is 290 g/mol. The largest absolute Gasteiger partial charge is 0.480 e. The Kier molecular flexibility index (Phi) is 4.83. The van der Waals surface area contributed by atoms with Gasteiger partial charge < -0.3 is 14.9 Å². The summed E-state index contributed by atoms with van der Waals surface area (Å²) in [5, 5.41) is 8.96. The van der Waals surface area contributed by atoms with E-state index in [1.807, 2.05) is 31.2 Å². The molecule has 0 unspecified atom stereocenters. The highest BCUT2D eigenvalue weighted by molar-refractivity contribution is 5.80. The van der Waals surface area contributed by atoms with Gasteiger partial charge in [-0.25, -0.2) is 4.79 Å². The molecule has 0 aliphatic heterocycles.